The normalized spacial score (nSPS) is 17.0. The molecule has 2 heterocycles. The molecule has 0 unspecified atom stereocenters. The minimum atomic E-state index is -0.501. The summed E-state index contributed by atoms with van der Waals surface area (Å²) in [6.07, 6.45) is 0.530. The van der Waals surface area contributed by atoms with E-state index in [0.29, 0.717) is 23.0 Å². The van der Waals surface area contributed by atoms with Crippen LogP contribution < -0.4 is 0 Å². The number of benzene rings is 3. The summed E-state index contributed by atoms with van der Waals surface area (Å²) in [5, 5.41) is 0.502. The van der Waals surface area contributed by atoms with Gasteiger partial charge in [-0.1, -0.05) is 84.6 Å². The van der Waals surface area contributed by atoms with Crippen LogP contribution >= 0.6 is 11.8 Å². The van der Waals surface area contributed by atoms with Crippen LogP contribution in [0, 0.1) is 0 Å². The van der Waals surface area contributed by atoms with Gasteiger partial charge < -0.3 is 0 Å². The number of carbonyl (C=O) groups excluding carboxylic acids is 2. The summed E-state index contributed by atoms with van der Waals surface area (Å²) in [7, 11) is 0. The largest absolute Gasteiger partial charge is 0.293 e. The fourth-order valence-electron chi connectivity index (χ4n) is 3.71. The van der Waals surface area contributed by atoms with Gasteiger partial charge >= 0.3 is 0 Å². The van der Waals surface area contributed by atoms with E-state index in [4.69, 9.17) is 9.98 Å². The lowest BCUT2D eigenvalue weighted by molar-refractivity contribution is -0.124. The molecule has 0 aromatic heterocycles. The van der Waals surface area contributed by atoms with E-state index in [-0.39, 0.29) is 17.4 Å². The van der Waals surface area contributed by atoms with Crippen molar-refractivity contribution in [1.29, 1.82) is 0 Å². The molecule has 0 saturated carbocycles. The van der Waals surface area contributed by atoms with E-state index < -0.39 is 6.04 Å². The lowest BCUT2D eigenvalue weighted by Crippen LogP contribution is -2.41. The molecule has 31 heavy (non-hydrogen) atoms. The van der Waals surface area contributed by atoms with Gasteiger partial charge in [0.2, 0.25) is 0 Å². The molecule has 2 aliphatic heterocycles. The number of carbonyl (C=O) groups is 2. The highest BCUT2D eigenvalue weighted by atomic mass is 32.2. The van der Waals surface area contributed by atoms with E-state index in [1.807, 2.05) is 72.8 Å². The Balaban J connectivity index is 1.43. The summed E-state index contributed by atoms with van der Waals surface area (Å²) in [5.74, 6) is 0.710. The molecule has 0 bridgehead atoms. The maximum Gasteiger partial charge on any atom is 0.259 e. The van der Waals surface area contributed by atoms with Crippen molar-refractivity contribution >= 4 is 40.1 Å². The number of ketones is 1. The third-order valence-corrected chi connectivity index (χ3v) is 6.19. The maximum atomic E-state index is 13.3. The molecule has 5 nitrogen and oxygen atoms in total. The summed E-state index contributed by atoms with van der Waals surface area (Å²) < 4.78 is 0. The number of thioether (sulfide) groups is 1. The number of para-hydroxylation sites is 1. The quantitative estimate of drug-likeness (QED) is 0.565. The Labute approximate surface area is 184 Å². The van der Waals surface area contributed by atoms with Crippen LogP contribution in [0.5, 0.6) is 0 Å². The Kier molecular flexibility index (Phi) is 5.22. The highest BCUT2D eigenvalue weighted by Crippen LogP contribution is 2.34. The predicted molar refractivity (Wildman–Crippen MR) is 124 cm³/mol. The molecule has 5 rings (SSSR count). The molecule has 3 aromatic rings. The number of amides is 1. The Morgan fingerprint density at radius 2 is 1.58 bits per heavy atom. The van der Waals surface area contributed by atoms with Crippen molar-refractivity contribution in [3.05, 3.63) is 102 Å². The van der Waals surface area contributed by atoms with Crippen LogP contribution in [0.25, 0.3) is 0 Å². The van der Waals surface area contributed by atoms with E-state index in [0.717, 1.165) is 16.8 Å². The fourth-order valence-corrected chi connectivity index (χ4v) is 4.60. The summed E-state index contributed by atoms with van der Waals surface area (Å²) in [4.78, 5) is 37.0. The van der Waals surface area contributed by atoms with Crippen molar-refractivity contribution in [2.45, 2.75) is 12.5 Å². The Hall–Kier alpha value is -3.51. The SMILES string of the molecule is O=C(CSC1=Nc2ccccc2C2=N[C@H](Cc3ccccc3)C(=O)N12)c1ccccc1. The van der Waals surface area contributed by atoms with Crippen molar-refractivity contribution in [2.75, 3.05) is 5.75 Å². The Morgan fingerprint density at radius 1 is 0.903 bits per heavy atom. The number of nitrogens with zero attached hydrogens (tertiary/aromatic N) is 3. The van der Waals surface area contributed by atoms with Crippen LogP contribution in [-0.2, 0) is 11.2 Å². The van der Waals surface area contributed by atoms with Crippen LogP contribution in [0.4, 0.5) is 5.69 Å². The molecule has 0 radical (unpaired) electrons. The van der Waals surface area contributed by atoms with Crippen molar-refractivity contribution in [3.63, 3.8) is 0 Å². The number of amidine groups is 2. The van der Waals surface area contributed by atoms with Crippen LogP contribution in [0.3, 0.4) is 0 Å². The van der Waals surface area contributed by atoms with Gasteiger partial charge in [-0.3, -0.25) is 14.6 Å². The van der Waals surface area contributed by atoms with Gasteiger partial charge in [0.1, 0.15) is 11.9 Å². The van der Waals surface area contributed by atoms with E-state index in [1.54, 1.807) is 17.0 Å². The Bertz CT molecular complexity index is 1210. The van der Waals surface area contributed by atoms with E-state index in [9.17, 15) is 9.59 Å². The molecule has 2 aliphatic rings. The molecule has 0 N–H and O–H groups in total. The first kappa shape index (κ1) is 19.5. The zero-order chi connectivity index (χ0) is 21.2. The zero-order valence-corrected chi connectivity index (χ0v) is 17.5. The second-order valence-corrected chi connectivity index (χ2v) is 8.26. The molecule has 0 saturated heterocycles. The lowest BCUT2D eigenvalue weighted by Gasteiger charge is -2.25. The molecule has 0 fully saturated rings. The monoisotopic (exact) mass is 425 g/mol. The smallest absolute Gasteiger partial charge is 0.259 e. The van der Waals surface area contributed by atoms with Crippen LogP contribution in [0.2, 0.25) is 0 Å². The van der Waals surface area contributed by atoms with Crippen LogP contribution in [0.1, 0.15) is 21.5 Å². The maximum absolute atomic E-state index is 13.3. The molecular formula is C25H19N3O2S. The fraction of sp³-hybridized carbons (Fsp3) is 0.120. The summed E-state index contributed by atoms with van der Waals surface area (Å²) in [5.41, 5.74) is 3.31. The lowest BCUT2D eigenvalue weighted by atomic mass is 10.1. The van der Waals surface area contributed by atoms with Crippen molar-refractivity contribution in [3.8, 4) is 0 Å². The van der Waals surface area contributed by atoms with Gasteiger partial charge in [-0.2, -0.15) is 0 Å². The molecule has 3 aromatic carbocycles. The topological polar surface area (TPSA) is 62.1 Å². The van der Waals surface area contributed by atoms with Crippen molar-refractivity contribution in [2.24, 2.45) is 9.98 Å². The van der Waals surface area contributed by atoms with Gasteiger partial charge in [0.25, 0.3) is 5.91 Å². The second-order valence-electron chi connectivity index (χ2n) is 7.32. The van der Waals surface area contributed by atoms with E-state index >= 15 is 0 Å². The number of hydrogen-bond donors (Lipinski definition) is 0. The summed E-state index contributed by atoms with van der Waals surface area (Å²) in [6.45, 7) is 0. The average molecular weight is 426 g/mol. The van der Waals surface area contributed by atoms with E-state index in [1.165, 1.54) is 11.8 Å². The first-order valence-electron chi connectivity index (χ1n) is 10.1. The van der Waals surface area contributed by atoms with Gasteiger partial charge in [0.05, 0.1) is 11.4 Å². The molecule has 1 amide bonds. The molecule has 1 atom stereocenters. The van der Waals surface area contributed by atoms with Crippen molar-refractivity contribution in [1.82, 2.24) is 4.90 Å². The van der Waals surface area contributed by atoms with Gasteiger partial charge in [-0.25, -0.2) is 9.89 Å². The molecule has 0 spiro atoms. The first-order valence-corrected chi connectivity index (χ1v) is 11.0. The predicted octanol–water partition coefficient (Wildman–Crippen LogP) is 4.50. The minimum Gasteiger partial charge on any atom is -0.293 e. The van der Waals surface area contributed by atoms with Gasteiger partial charge in [0.15, 0.2) is 11.0 Å². The van der Waals surface area contributed by atoms with Crippen molar-refractivity contribution < 1.29 is 9.59 Å². The zero-order valence-electron chi connectivity index (χ0n) is 16.6. The number of hydrogen-bond acceptors (Lipinski definition) is 5. The van der Waals surface area contributed by atoms with Gasteiger partial charge in [0, 0.05) is 17.5 Å². The third-order valence-electron chi connectivity index (χ3n) is 5.25. The molecular weight excluding hydrogens is 406 g/mol. The average Bonchev–Trinajstić information content (AvgIpc) is 3.15. The number of fused-ring (bicyclic) bond motifs is 3. The van der Waals surface area contributed by atoms with Gasteiger partial charge in [-0.05, 0) is 17.7 Å². The molecule has 152 valence electrons. The summed E-state index contributed by atoms with van der Waals surface area (Å²) in [6, 6.07) is 26.2. The highest BCUT2D eigenvalue weighted by Gasteiger charge is 2.41. The highest BCUT2D eigenvalue weighted by molar-refractivity contribution is 8.14. The molecule has 6 heteroatoms. The standard InChI is InChI=1S/C25H19N3O2S/c29-22(18-11-5-2-6-12-18)16-31-25-27-20-14-8-7-13-19(20)23-26-21(24(30)28(23)25)15-17-9-3-1-4-10-17/h1-14,21H,15-16H2/t21-/m1/s1. The first-order chi connectivity index (χ1) is 15.2. The van der Waals surface area contributed by atoms with Crippen LogP contribution in [0.15, 0.2) is 94.9 Å². The summed E-state index contributed by atoms with van der Waals surface area (Å²) >= 11 is 1.28. The number of aliphatic imine (C=N–C) groups is 2. The van der Waals surface area contributed by atoms with Crippen LogP contribution in [-0.4, -0.2) is 39.4 Å². The molecule has 0 aliphatic carbocycles. The Morgan fingerprint density at radius 3 is 2.35 bits per heavy atom. The number of rotatable bonds is 5. The van der Waals surface area contributed by atoms with Gasteiger partial charge in [-0.15, -0.1) is 0 Å². The van der Waals surface area contributed by atoms with E-state index in [2.05, 4.69) is 0 Å². The third kappa shape index (κ3) is 3.82. The number of Topliss-reactive ketones (excluding diaryl/α,β-unsaturated/α-hetero) is 1. The second kappa shape index (κ2) is 8.32. The minimum absolute atomic E-state index is 0.00173.